The van der Waals surface area contributed by atoms with Gasteiger partial charge in [0.2, 0.25) is 5.91 Å². The van der Waals surface area contributed by atoms with E-state index in [0.29, 0.717) is 0 Å². The van der Waals surface area contributed by atoms with Crippen LogP contribution in [0.25, 0.3) is 0 Å². The van der Waals surface area contributed by atoms with E-state index in [9.17, 15) is 9.90 Å². The molecule has 0 radical (unpaired) electrons. The lowest BCUT2D eigenvalue weighted by Crippen LogP contribution is -2.41. The Morgan fingerprint density at radius 3 is 2.46 bits per heavy atom. The minimum Gasteiger partial charge on any atom is -0.394 e. The molecule has 0 bridgehead atoms. The minimum absolute atomic E-state index is 0.0351. The van der Waals surface area contributed by atoms with Gasteiger partial charge in [0.1, 0.15) is 6.10 Å². The van der Waals surface area contributed by atoms with E-state index in [4.69, 9.17) is 10.2 Å². The van der Waals surface area contributed by atoms with Crippen molar-refractivity contribution in [3.8, 4) is 0 Å². The molecule has 1 amide bonds. The first-order valence-electron chi connectivity index (χ1n) is 3.87. The van der Waals surface area contributed by atoms with Crippen LogP contribution in [0.4, 0.5) is 0 Å². The predicted molar refractivity (Wildman–Crippen MR) is 46.9 cm³/mol. The molecule has 0 aliphatic rings. The van der Waals surface area contributed by atoms with Crippen molar-refractivity contribution in [1.82, 2.24) is 4.90 Å². The van der Waals surface area contributed by atoms with Gasteiger partial charge in [-0.15, -0.1) is 0 Å². The van der Waals surface area contributed by atoms with Crippen LogP contribution in [0.2, 0.25) is 0 Å². The molecule has 5 heteroatoms. The number of amides is 1. The van der Waals surface area contributed by atoms with Gasteiger partial charge in [0.15, 0.2) is 0 Å². The third-order valence-corrected chi connectivity index (χ3v) is 1.64. The molecule has 0 spiro atoms. The lowest BCUT2D eigenvalue weighted by atomic mass is 10.2. The molecule has 0 aliphatic heterocycles. The molecule has 0 saturated carbocycles. The summed E-state index contributed by atoms with van der Waals surface area (Å²) in [6, 6.07) is 0. The molecule has 2 unspecified atom stereocenters. The van der Waals surface area contributed by atoms with Crippen LogP contribution < -0.4 is 0 Å². The molecule has 13 heavy (non-hydrogen) atoms. The average Bonchev–Trinajstić information content (AvgIpc) is 2.14. The first kappa shape index (κ1) is 12.1. The van der Waals surface area contributed by atoms with Crippen molar-refractivity contribution in [2.45, 2.75) is 12.2 Å². The van der Waals surface area contributed by atoms with Gasteiger partial charge in [-0.3, -0.25) is 4.79 Å². The Morgan fingerprint density at radius 1 is 1.54 bits per heavy atom. The van der Waals surface area contributed by atoms with Gasteiger partial charge >= 0.3 is 0 Å². The number of hydrogen-bond donors (Lipinski definition) is 3. The van der Waals surface area contributed by atoms with Gasteiger partial charge in [-0.1, -0.05) is 6.58 Å². The van der Waals surface area contributed by atoms with Gasteiger partial charge in [0, 0.05) is 13.6 Å². The van der Waals surface area contributed by atoms with E-state index in [1.807, 2.05) is 0 Å². The maximum absolute atomic E-state index is 10.9. The van der Waals surface area contributed by atoms with E-state index >= 15 is 0 Å². The lowest BCUT2D eigenvalue weighted by Gasteiger charge is -2.21. The van der Waals surface area contributed by atoms with Crippen molar-refractivity contribution >= 4 is 5.91 Å². The van der Waals surface area contributed by atoms with Gasteiger partial charge in [-0.25, -0.2) is 0 Å². The second-order valence-corrected chi connectivity index (χ2v) is 2.74. The van der Waals surface area contributed by atoms with E-state index < -0.39 is 18.8 Å². The topological polar surface area (TPSA) is 81.0 Å². The lowest BCUT2D eigenvalue weighted by molar-refractivity contribution is -0.127. The predicted octanol–water partition coefficient (Wildman–Crippen LogP) is -1.66. The van der Waals surface area contributed by atoms with Gasteiger partial charge in [0.25, 0.3) is 0 Å². The minimum atomic E-state index is -1.22. The number of carbonyl (C=O) groups excluding carboxylic acids is 1. The van der Waals surface area contributed by atoms with Gasteiger partial charge in [0.05, 0.1) is 12.7 Å². The van der Waals surface area contributed by atoms with Crippen LogP contribution in [-0.2, 0) is 4.79 Å². The van der Waals surface area contributed by atoms with Crippen LogP contribution >= 0.6 is 0 Å². The maximum atomic E-state index is 10.9. The zero-order chi connectivity index (χ0) is 10.4. The quantitative estimate of drug-likeness (QED) is 0.452. The van der Waals surface area contributed by atoms with Crippen LogP contribution in [-0.4, -0.2) is 58.5 Å². The Balaban J connectivity index is 3.97. The summed E-state index contributed by atoms with van der Waals surface area (Å²) in [6.07, 6.45) is -1.25. The average molecular weight is 189 g/mol. The van der Waals surface area contributed by atoms with Crippen molar-refractivity contribution < 1.29 is 20.1 Å². The Bertz CT molecular complexity index is 183. The zero-order valence-corrected chi connectivity index (χ0v) is 7.55. The molecule has 0 aromatic heterocycles. The first-order valence-corrected chi connectivity index (χ1v) is 3.87. The second-order valence-electron chi connectivity index (χ2n) is 2.74. The van der Waals surface area contributed by atoms with E-state index in [1.54, 1.807) is 0 Å². The standard InChI is InChI=1S/C8H15NO4/c1-3-8(13)9(2)4-6(11)7(12)5-10/h3,6-7,10-12H,1,4-5H2,2H3. The van der Waals surface area contributed by atoms with Crippen LogP contribution in [0.5, 0.6) is 0 Å². The number of likely N-dealkylation sites (N-methyl/N-ethyl adjacent to an activating group) is 1. The molecule has 2 atom stereocenters. The van der Waals surface area contributed by atoms with Gasteiger partial charge in [-0.05, 0) is 6.08 Å². The maximum Gasteiger partial charge on any atom is 0.245 e. The molecule has 3 N–H and O–H groups in total. The Labute approximate surface area is 76.9 Å². The Hall–Kier alpha value is -0.910. The van der Waals surface area contributed by atoms with Crippen molar-refractivity contribution in [2.24, 2.45) is 0 Å². The van der Waals surface area contributed by atoms with Crippen molar-refractivity contribution in [2.75, 3.05) is 20.2 Å². The summed E-state index contributed by atoms with van der Waals surface area (Å²) in [5.41, 5.74) is 0. The van der Waals surface area contributed by atoms with Gasteiger partial charge < -0.3 is 20.2 Å². The number of rotatable bonds is 5. The summed E-state index contributed by atoms with van der Waals surface area (Å²) in [5, 5.41) is 26.6. The Kier molecular flexibility index (Phi) is 5.29. The highest BCUT2D eigenvalue weighted by Crippen LogP contribution is 1.96. The summed E-state index contributed by atoms with van der Waals surface area (Å²) in [6.45, 7) is 2.70. The number of nitrogens with zero attached hydrogens (tertiary/aromatic N) is 1. The molecule has 0 fully saturated rings. The molecular formula is C8H15NO4. The van der Waals surface area contributed by atoms with Crippen LogP contribution in [0, 0.1) is 0 Å². The van der Waals surface area contributed by atoms with Crippen molar-refractivity contribution in [3.05, 3.63) is 12.7 Å². The summed E-state index contributed by atoms with van der Waals surface area (Å²) in [4.78, 5) is 12.1. The van der Waals surface area contributed by atoms with Crippen molar-refractivity contribution in [1.29, 1.82) is 0 Å². The van der Waals surface area contributed by atoms with E-state index in [2.05, 4.69) is 6.58 Å². The zero-order valence-electron chi connectivity index (χ0n) is 7.55. The third-order valence-electron chi connectivity index (χ3n) is 1.64. The molecular weight excluding hydrogens is 174 g/mol. The van der Waals surface area contributed by atoms with E-state index in [1.165, 1.54) is 11.9 Å². The first-order chi connectivity index (χ1) is 6.02. The summed E-state index contributed by atoms with van der Waals surface area (Å²) in [5.74, 6) is -0.343. The fraction of sp³-hybridized carbons (Fsp3) is 0.625. The number of aliphatic hydroxyl groups is 3. The van der Waals surface area contributed by atoms with E-state index in [-0.39, 0.29) is 12.5 Å². The van der Waals surface area contributed by atoms with Crippen molar-refractivity contribution in [3.63, 3.8) is 0 Å². The molecule has 0 aromatic carbocycles. The second kappa shape index (κ2) is 5.69. The third kappa shape index (κ3) is 4.02. The summed E-state index contributed by atoms with van der Waals surface area (Å²) < 4.78 is 0. The van der Waals surface area contributed by atoms with Crippen LogP contribution in [0.15, 0.2) is 12.7 Å². The number of hydrogen-bond acceptors (Lipinski definition) is 4. The Morgan fingerprint density at radius 2 is 2.08 bits per heavy atom. The smallest absolute Gasteiger partial charge is 0.245 e. The largest absolute Gasteiger partial charge is 0.394 e. The molecule has 76 valence electrons. The normalized spacial score (nSPS) is 14.8. The fourth-order valence-corrected chi connectivity index (χ4v) is 0.770. The number of aliphatic hydroxyl groups excluding tert-OH is 3. The SMILES string of the molecule is C=CC(=O)N(C)CC(O)C(O)CO. The highest BCUT2D eigenvalue weighted by atomic mass is 16.4. The van der Waals surface area contributed by atoms with Crippen LogP contribution in [0.3, 0.4) is 0 Å². The molecule has 0 aliphatic carbocycles. The molecule has 0 heterocycles. The molecule has 5 nitrogen and oxygen atoms in total. The molecule has 0 saturated heterocycles. The highest BCUT2D eigenvalue weighted by molar-refractivity contribution is 5.86. The van der Waals surface area contributed by atoms with Crippen LogP contribution in [0.1, 0.15) is 0 Å². The highest BCUT2D eigenvalue weighted by Gasteiger charge is 2.18. The number of carbonyl (C=O) groups is 1. The summed E-state index contributed by atoms with van der Waals surface area (Å²) >= 11 is 0. The molecule has 0 rings (SSSR count). The van der Waals surface area contributed by atoms with E-state index in [0.717, 1.165) is 6.08 Å². The fourth-order valence-electron chi connectivity index (χ4n) is 0.770. The monoisotopic (exact) mass is 189 g/mol. The molecule has 0 aromatic rings. The van der Waals surface area contributed by atoms with Gasteiger partial charge in [-0.2, -0.15) is 0 Å². The summed E-state index contributed by atoms with van der Waals surface area (Å²) in [7, 11) is 1.47.